The van der Waals surface area contributed by atoms with E-state index in [9.17, 15) is 12.8 Å². The molecule has 2 aromatic carbocycles. The van der Waals surface area contributed by atoms with E-state index in [0.29, 0.717) is 35.3 Å². The summed E-state index contributed by atoms with van der Waals surface area (Å²) in [6.07, 6.45) is 0. The maximum atomic E-state index is 13.0. The summed E-state index contributed by atoms with van der Waals surface area (Å²) in [6.45, 7) is 0.928. The lowest BCUT2D eigenvalue weighted by atomic mass is 10.2. The summed E-state index contributed by atoms with van der Waals surface area (Å²) in [4.78, 5) is 0.0232. The van der Waals surface area contributed by atoms with E-state index in [1.807, 2.05) is 0 Å². The number of sulfonamides is 1. The van der Waals surface area contributed by atoms with Gasteiger partial charge in [-0.3, -0.25) is 0 Å². The van der Waals surface area contributed by atoms with Gasteiger partial charge in [-0.1, -0.05) is 11.6 Å². The number of hydrogen-bond donors (Lipinski definition) is 0. The van der Waals surface area contributed by atoms with Gasteiger partial charge in [-0.05, 0) is 42.0 Å². The Balaban J connectivity index is 1.85. The van der Waals surface area contributed by atoms with Crippen molar-refractivity contribution in [3.05, 3.63) is 52.8 Å². The minimum absolute atomic E-state index is 0.0232. The van der Waals surface area contributed by atoms with Crippen molar-refractivity contribution < 1.29 is 22.3 Å². The second kappa shape index (κ2) is 6.58. The van der Waals surface area contributed by atoms with Crippen LogP contribution >= 0.6 is 11.6 Å². The molecule has 24 heavy (non-hydrogen) atoms. The van der Waals surface area contributed by atoms with Gasteiger partial charge in [0.15, 0.2) is 11.5 Å². The SMILES string of the molecule is CN(Cc1cc(Cl)c2c(c1)OCCO2)S(=O)(=O)c1ccc(F)cc1. The largest absolute Gasteiger partial charge is 0.486 e. The molecule has 0 saturated heterocycles. The zero-order valence-corrected chi connectivity index (χ0v) is 14.4. The lowest BCUT2D eigenvalue weighted by Crippen LogP contribution is -2.26. The normalized spacial score (nSPS) is 14.0. The molecule has 0 spiro atoms. The van der Waals surface area contributed by atoms with Gasteiger partial charge in [-0.25, -0.2) is 12.8 Å². The minimum atomic E-state index is -3.74. The minimum Gasteiger partial charge on any atom is -0.486 e. The molecule has 3 rings (SSSR count). The predicted molar refractivity (Wildman–Crippen MR) is 87.5 cm³/mol. The molecule has 0 radical (unpaired) electrons. The first-order valence-corrected chi connectivity index (χ1v) is 8.99. The highest BCUT2D eigenvalue weighted by molar-refractivity contribution is 7.89. The second-order valence-corrected chi connectivity index (χ2v) is 7.77. The molecule has 1 heterocycles. The predicted octanol–water partition coefficient (Wildman–Crippen LogP) is 3.07. The lowest BCUT2D eigenvalue weighted by molar-refractivity contribution is 0.171. The molecule has 8 heteroatoms. The summed E-state index contributed by atoms with van der Waals surface area (Å²) in [7, 11) is -2.29. The third-order valence-corrected chi connectivity index (χ3v) is 5.68. The van der Waals surface area contributed by atoms with E-state index in [1.54, 1.807) is 12.1 Å². The van der Waals surface area contributed by atoms with Crippen molar-refractivity contribution in [3.8, 4) is 11.5 Å². The molecule has 5 nitrogen and oxygen atoms in total. The number of fused-ring (bicyclic) bond motifs is 1. The molecular formula is C16H15ClFNO4S. The van der Waals surface area contributed by atoms with Crippen molar-refractivity contribution in [2.24, 2.45) is 0 Å². The summed E-state index contributed by atoms with van der Waals surface area (Å²) < 4.78 is 50.1. The summed E-state index contributed by atoms with van der Waals surface area (Å²) in [6, 6.07) is 8.04. The van der Waals surface area contributed by atoms with Crippen molar-refractivity contribution in [1.82, 2.24) is 4.31 Å². The molecule has 0 atom stereocenters. The average Bonchev–Trinajstić information content (AvgIpc) is 2.55. The van der Waals surface area contributed by atoms with Crippen molar-refractivity contribution in [2.45, 2.75) is 11.4 Å². The van der Waals surface area contributed by atoms with Crippen molar-refractivity contribution in [1.29, 1.82) is 0 Å². The first-order valence-electron chi connectivity index (χ1n) is 7.18. The Hall–Kier alpha value is -1.83. The van der Waals surface area contributed by atoms with Crippen LogP contribution in [0.2, 0.25) is 5.02 Å². The fourth-order valence-electron chi connectivity index (χ4n) is 2.38. The van der Waals surface area contributed by atoms with Crippen LogP contribution in [0.3, 0.4) is 0 Å². The van der Waals surface area contributed by atoms with Gasteiger partial charge >= 0.3 is 0 Å². The molecule has 0 aliphatic carbocycles. The molecule has 0 saturated carbocycles. The fourth-order valence-corrected chi connectivity index (χ4v) is 3.83. The van der Waals surface area contributed by atoms with Crippen LogP contribution in [0.5, 0.6) is 11.5 Å². The van der Waals surface area contributed by atoms with Gasteiger partial charge in [0.05, 0.1) is 9.92 Å². The molecule has 0 aromatic heterocycles. The van der Waals surface area contributed by atoms with Gasteiger partial charge in [0.25, 0.3) is 0 Å². The maximum absolute atomic E-state index is 13.0. The third-order valence-electron chi connectivity index (χ3n) is 3.58. The van der Waals surface area contributed by atoms with Crippen LogP contribution in [0, 0.1) is 5.82 Å². The summed E-state index contributed by atoms with van der Waals surface area (Å²) in [5, 5.41) is 0.370. The molecule has 0 amide bonds. The number of hydrogen-bond acceptors (Lipinski definition) is 4. The zero-order chi connectivity index (χ0) is 17.3. The highest BCUT2D eigenvalue weighted by atomic mass is 35.5. The highest BCUT2D eigenvalue weighted by Crippen LogP contribution is 2.38. The Labute approximate surface area is 144 Å². The monoisotopic (exact) mass is 371 g/mol. The fraction of sp³-hybridized carbons (Fsp3) is 0.250. The smallest absolute Gasteiger partial charge is 0.243 e. The van der Waals surface area contributed by atoms with E-state index in [-0.39, 0.29) is 11.4 Å². The van der Waals surface area contributed by atoms with Gasteiger partial charge < -0.3 is 9.47 Å². The number of nitrogens with zero attached hydrogens (tertiary/aromatic N) is 1. The Morgan fingerprint density at radius 2 is 1.83 bits per heavy atom. The number of benzene rings is 2. The molecule has 0 bridgehead atoms. The van der Waals surface area contributed by atoms with E-state index in [4.69, 9.17) is 21.1 Å². The van der Waals surface area contributed by atoms with Crippen LogP contribution in [-0.2, 0) is 16.6 Å². The first-order chi connectivity index (χ1) is 11.4. The van der Waals surface area contributed by atoms with Gasteiger partial charge in [-0.2, -0.15) is 4.31 Å². The molecule has 0 N–H and O–H groups in total. The van der Waals surface area contributed by atoms with E-state index in [1.165, 1.54) is 23.5 Å². The van der Waals surface area contributed by atoms with Crippen molar-refractivity contribution in [3.63, 3.8) is 0 Å². The molecule has 1 aliphatic heterocycles. The van der Waals surface area contributed by atoms with Gasteiger partial charge in [0.1, 0.15) is 19.0 Å². The van der Waals surface area contributed by atoms with Crippen molar-refractivity contribution >= 4 is 21.6 Å². The van der Waals surface area contributed by atoms with Gasteiger partial charge in [0, 0.05) is 13.6 Å². The Kier molecular flexibility index (Phi) is 4.67. The average molecular weight is 372 g/mol. The zero-order valence-electron chi connectivity index (χ0n) is 12.8. The van der Waals surface area contributed by atoms with Crippen LogP contribution in [-0.4, -0.2) is 33.0 Å². The summed E-state index contributed by atoms with van der Waals surface area (Å²) in [5.74, 6) is 0.474. The number of halogens is 2. The third kappa shape index (κ3) is 3.33. The Morgan fingerprint density at radius 3 is 2.54 bits per heavy atom. The summed E-state index contributed by atoms with van der Waals surface area (Å²) in [5.41, 5.74) is 0.664. The van der Waals surface area contributed by atoms with Crippen molar-refractivity contribution in [2.75, 3.05) is 20.3 Å². The number of ether oxygens (including phenoxy) is 2. The molecular weight excluding hydrogens is 357 g/mol. The second-order valence-electron chi connectivity index (χ2n) is 5.32. The van der Waals surface area contributed by atoms with Crippen LogP contribution in [0.25, 0.3) is 0 Å². The van der Waals surface area contributed by atoms with Crippen LogP contribution < -0.4 is 9.47 Å². The highest BCUT2D eigenvalue weighted by Gasteiger charge is 2.23. The van der Waals surface area contributed by atoms with Gasteiger partial charge in [0.2, 0.25) is 10.0 Å². The standard InChI is InChI=1S/C16H15ClFNO4S/c1-19(24(20,21)13-4-2-12(18)3-5-13)10-11-8-14(17)16-15(9-11)22-6-7-23-16/h2-5,8-9H,6-7,10H2,1H3. The van der Waals surface area contributed by atoms with E-state index >= 15 is 0 Å². The lowest BCUT2D eigenvalue weighted by Gasteiger charge is -2.22. The quantitative estimate of drug-likeness (QED) is 0.828. The molecule has 1 aliphatic rings. The van der Waals surface area contributed by atoms with Crippen LogP contribution in [0.1, 0.15) is 5.56 Å². The first kappa shape index (κ1) is 17.0. The molecule has 2 aromatic rings. The maximum Gasteiger partial charge on any atom is 0.243 e. The van der Waals surface area contributed by atoms with E-state index in [2.05, 4.69) is 0 Å². The number of rotatable bonds is 4. The summed E-state index contributed by atoms with van der Waals surface area (Å²) >= 11 is 6.16. The van der Waals surface area contributed by atoms with E-state index in [0.717, 1.165) is 12.1 Å². The van der Waals surface area contributed by atoms with Gasteiger partial charge in [-0.15, -0.1) is 0 Å². The molecule has 0 fully saturated rings. The molecule has 128 valence electrons. The topological polar surface area (TPSA) is 55.8 Å². The van der Waals surface area contributed by atoms with Crippen LogP contribution in [0.4, 0.5) is 4.39 Å². The Bertz CT molecular complexity index is 855. The molecule has 0 unspecified atom stereocenters. The van der Waals surface area contributed by atoms with Crippen LogP contribution in [0.15, 0.2) is 41.3 Å². The Morgan fingerprint density at radius 1 is 1.17 bits per heavy atom. The van der Waals surface area contributed by atoms with E-state index < -0.39 is 15.8 Å².